The Labute approximate surface area is 169 Å². The highest BCUT2D eigenvalue weighted by Gasteiger charge is 2.13. The van der Waals surface area contributed by atoms with Crippen molar-refractivity contribution in [3.05, 3.63) is 84.0 Å². The number of rotatable bonds is 4. The second-order valence-electron chi connectivity index (χ2n) is 5.52. The number of carbonyl (C=O) groups is 2. The van der Waals surface area contributed by atoms with Crippen LogP contribution in [0.2, 0.25) is 0 Å². The Morgan fingerprint density at radius 2 is 1.20 bits per heavy atom. The molecule has 2 aromatic heterocycles. The molecule has 12 heteroatoms. The van der Waals surface area contributed by atoms with Crippen LogP contribution in [0.1, 0.15) is 32.1 Å². The van der Waals surface area contributed by atoms with Crippen LogP contribution in [0.3, 0.4) is 0 Å². The van der Waals surface area contributed by atoms with E-state index in [9.17, 15) is 9.59 Å². The highest BCUT2D eigenvalue weighted by atomic mass is 16.4. The molecule has 0 bridgehead atoms. The molecule has 12 nitrogen and oxygen atoms in total. The van der Waals surface area contributed by atoms with Crippen LogP contribution in [-0.2, 0) is 0 Å². The highest BCUT2D eigenvalue weighted by Crippen LogP contribution is 2.04. The van der Waals surface area contributed by atoms with E-state index < -0.39 is 11.9 Å². The van der Waals surface area contributed by atoms with Crippen molar-refractivity contribution >= 4 is 23.6 Å². The molecule has 4 N–H and O–H groups in total. The van der Waals surface area contributed by atoms with Crippen LogP contribution in [0, 0.1) is 0 Å². The summed E-state index contributed by atoms with van der Waals surface area (Å²) < 4.78 is 0. The number of aromatic carboxylic acids is 2. The summed E-state index contributed by atoms with van der Waals surface area (Å²) >= 11 is 0. The fourth-order valence-electron chi connectivity index (χ4n) is 2.12. The lowest BCUT2D eigenvalue weighted by atomic mass is 10.1. The lowest BCUT2D eigenvalue weighted by Crippen LogP contribution is -2.35. The van der Waals surface area contributed by atoms with Gasteiger partial charge in [0.2, 0.25) is 0 Å². The zero-order chi connectivity index (χ0) is 21.3. The lowest BCUT2D eigenvalue weighted by molar-refractivity contribution is 0.0696. The van der Waals surface area contributed by atoms with Gasteiger partial charge in [-0.05, 0) is 18.2 Å². The first-order chi connectivity index (χ1) is 14.5. The van der Waals surface area contributed by atoms with E-state index >= 15 is 0 Å². The molecule has 30 heavy (non-hydrogen) atoms. The van der Waals surface area contributed by atoms with Crippen LogP contribution in [0.5, 0.6) is 0 Å². The lowest BCUT2D eigenvalue weighted by Gasteiger charge is -2.13. The van der Waals surface area contributed by atoms with Gasteiger partial charge in [-0.3, -0.25) is 20.8 Å². The van der Waals surface area contributed by atoms with Gasteiger partial charge in [-0.1, -0.05) is 6.07 Å². The smallest absolute Gasteiger partial charge is 0.335 e. The van der Waals surface area contributed by atoms with Crippen molar-refractivity contribution in [3.63, 3.8) is 0 Å². The van der Waals surface area contributed by atoms with Crippen molar-refractivity contribution in [1.82, 2.24) is 30.8 Å². The Hall–Kier alpha value is -4.74. The van der Waals surface area contributed by atoms with Gasteiger partial charge in [-0.25, -0.2) is 19.6 Å². The molecule has 3 aromatic rings. The van der Waals surface area contributed by atoms with Gasteiger partial charge in [0.15, 0.2) is 11.7 Å². The molecule has 0 saturated heterocycles. The average Bonchev–Trinajstić information content (AvgIpc) is 2.81. The minimum absolute atomic E-state index is 0.0186. The first-order valence-electron chi connectivity index (χ1n) is 8.31. The average molecular weight is 406 g/mol. The molecule has 0 fully saturated rings. The third kappa shape index (κ3) is 5.16. The maximum absolute atomic E-state index is 10.4. The molecule has 1 aliphatic heterocycles. The molecule has 4 rings (SSSR count). The molecule has 0 atom stereocenters. The van der Waals surface area contributed by atoms with Crippen LogP contribution in [-0.4, -0.2) is 53.8 Å². The molecular weight excluding hydrogens is 392 g/mol. The van der Waals surface area contributed by atoms with Crippen LogP contribution < -0.4 is 10.9 Å². The molecule has 0 radical (unpaired) electrons. The largest absolute Gasteiger partial charge is 0.478 e. The number of nitrogens with one attached hydrogen (secondary N) is 2. The molecule has 150 valence electrons. The monoisotopic (exact) mass is 406 g/mol. The molecule has 1 aromatic carbocycles. The van der Waals surface area contributed by atoms with Gasteiger partial charge in [0.25, 0.3) is 0 Å². The molecule has 1 aliphatic rings. The minimum atomic E-state index is -1.13. The van der Waals surface area contributed by atoms with Gasteiger partial charge in [0.05, 0.1) is 23.5 Å². The molecule has 0 spiro atoms. The summed E-state index contributed by atoms with van der Waals surface area (Å²) in [5.74, 6) is -1.26. The predicted octanol–water partition coefficient (Wildman–Crippen LogP) is 0.566. The predicted molar refractivity (Wildman–Crippen MR) is 104 cm³/mol. The topological polar surface area (TPSA) is 175 Å². The summed E-state index contributed by atoms with van der Waals surface area (Å²) in [5.41, 5.74) is 6.75. The van der Waals surface area contributed by atoms with Gasteiger partial charge >= 0.3 is 11.9 Å². The fraction of sp³-hybridized carbons (Fsp3) is 0. The van der Waals surface area contributed by atoms with E-state index in [0.29, 0.717) is 23.1 Å². The van der Waals surface area contributed by atoms with E-state index in [2.05, 4.69) is 41.0 Å². The summed E-state index contributed by atoms with van der Waals surface area (Å²) in [6.45, 7) is 0. The first kappa shape index (κ1) is 20.0. The molecule has 0 saturated carbocycles. The zero-order valence-corrected chi connectivity index (χ0v) is 15.2. The van der Waals surface area contributed by atoms with Crippen molar-refractivity contribution < 1.29 is 19.8 Å². The van der Waals surface area contributed by atoms with Crippen LogP contribution >= 0.6 is 0 Å². The number of benzene rings is 1. The first-order valence-corrected chi connectivity index (χ1v) is 8.31. The fourth-order valence-corrected chi connectivity index (χ4v) is 2.12. The number of hydrazone groups is 2. The SMILES string of the molecule is O=C(O)c1cccc(C(=O)O)c1.c1cnc(C2=NNC(c3cnccn3)=NN2)cn1. The number of amidine groups is 2. The minimum Gasteiger partial charge on any atom is -0.478 e. The third-order valence-electron chi connectivity index (χ3n) is 3.52. The zero-order valence-electron chi connectivity index (χ0n) is 15.2. The maximum Gasteiger partial charge on any atom is 0.335 e. The molecule has 0 aliphatic carbocycles. The van der Waals surface area contributed by atoms with Crippen LogP contribution in [0.4, 0.5) is 0 Å². The van der Waals surface area contributed by atoms with Gasteiger partial charge in [-0.15, -0.1) is 0 Å². The van der Waals surface area contributed by atoms with E-state index in [4.69, 9.17) is 10.2 Å². The second kappa shape index (κ2) is 9.45. The van der Waals surface area contributed by atoms with E-state index in [1.54, 1.807) is 37.2 Å². The van der Waals surface area contributed by atoms with Gasteiger partial charge in [0, 0.05) is 24.8 Å². The molecule has 3 heterocycles. The summed E-state index contributed by atoms with van der Waals surface area (Å²) in [6.07, 6.45) is 9.54. The van der Waals surface area contributed by atoms with Crippen molar-refractivity contribution in [1.29, 1.82) is 0 Å². The van der Waals surface area contributed by atoms with Crippen LogP contribution in [0.25, 0.3) is 0 Å². The van der Waals surface area contributed by atoms with Crippen molar-refractivity contribution in [2.24, 2.45) is 10.2 Å². The number of aromatic nitrogens is 4. The van der Waals surface area contributed by atoms with Crippen LogP contribution in [0.15, 0.2) is 71.6 Å². The Morgan fingerprint density at radius 3 is 1.53 bits per heavy atom. The molecule has 0 amide bonds. The molecular formula is C18H14N8O4. The number of nitrogens with zero attached hydrogens (tertiary/aromatic N) is 6. The maximum atomic E-state index is 10.4. The van der Waals surface area contributed by atoms with E-state index in [1.165, 1.54) is 18.2 Å². The quantitative estimate of drug-likeness (QED) is 0.479. The van der Waals surface area contributed by atoms with E-state index in [0.717, 1.165) is 6.07 Å². The summed E-state index contributed by atoms with van der Waals surface area (Å²) in [7, 11) is 0. The van der Waals surface area contributed by atoms with Gasteiger partial charge in [-0.2, -0.15) is 10.2 Å². The number of carboxylic acids is 2. The summed E-state index contributed by atoms with van der Waals surface area (Å²) in [5, 5.41) is 25.2. The number of hydrogen-bond donors (Lipinski definition) is 4. The number of hydrogen-bond acceptors (Lipinski definition) is 10. The highest BCUT2D eigenvalue weighted by molar-refractivity contribution is 6.04. The van der Waals surface area contributed by atoms with Crippen molar-refractivity contribution in [2.45, 2.75) is 0 Å². The normalized spacial score (nSPS) is 12.1. The van der Waals surface area contributed by atoms with E-state index in [-0.39, 0.29) is 11.1 Å². The van der Waals surface area contributed by atoms with Gasteiger partial charge in [0.1, 0.15) is 11.4 Å². The second-order valence-corrected chi connectivity index (χ2v) is 5.52. The Balaban J connectivity index is 0.000000187. The summed E-state index contributed by atoms with van der Waals surface area (Å²) in [4.78, 5) is 36.9. The van der Waals surface area contributed by atoms with Crippen molar-refractivity contribution in [3.8, 4) is 0 Å². The standard InChI is InChI=1S/C10H8N8.C8H6O4/c1-3-13-7(5-11-1)9-15-17-10(18-16-9)8-6-12-2-4-14-8;9-7(10)5-2-1-3-6(4-5)8(11)12/h1-6H,(H,15,16)(H,17,18);1-4H,(H,9,10)(H,11,12). The molecule has 0 unspecified atom stereocenters. The number of carboxylic acid groups (broad SMARTS) is 2. The summed E-state index contributed by atoms with van der Waals surface area (Å²) in [6, 6.07) is 5.20. The Morgan fingerprint density at radius 1 is 0.733 bits per heavy atom. The van der Waals surface area contributed by atoms with Crippen molar-refractivity contribution in [2.75, 3.05) is 0 Å². The van der Waals surface area contributed by atoms with Gasteiger partial charge < -0.3 is 10.2 Å². The Kier molecular flexibility index (Phi) is 6.30. The Bertz CT molecular complexity index is 1020. The van der Waals surface area contributed by atoms with E-state index in [1.807, 2.05) is 0 Å². The third-order valence-corrected chi connectivity index (χ3v) is 3.52.